The number of aliphatic carboxylic acids is 1. The highest BCUT2D eigenvalue weighted by Gasteiger charge is 2.19. The molecule has 0 spiro atoms. The van der Waals surface area contributed by atoms with Crippen molar-refractivity contribution < 1.29 is 34.1 Å². The third-order valence-electron chi connectivity index (χ3n) is 9.38. The lowest BCUT2D eigenvalue weighted by atomic mass is 10.0. The Morgan fingerprint density at radius 2 is 1.00 bits per heavy atom. The van der Waals surface area contributed by atoms with E-state index in [2.05, 4.69) is 110 Å². The second-order valence-corrected chi connectivity index (χ2v) is 14.7. The number of unbranched alkanes of at least 4 members (excludes halogenated alkanes) is 11. The number of rotatable bonds is 39. The Hall–Kier alpha value is -3.98. The number of carboxylic acids is 1. The van der Waals surface area contributed by atoms with Gasteiger partial charge in [-0.15, -0.1) is 0 Å². The molecule has 0 radical (unpaired) electrons. The zero-order valence-electron chi connectivity index (χ0n) is 36.3. The smallest absolute Gasteiger partial charge is 0.328 e. The zero-order valence-corrected chi connectivity index (χ0v) is 36.3. The first kappa shape index (κ1) is 54.0. The van der Waals surface area contributed by atoms with Crippen LogP contribution in [0.1, 0.15) is 174 Å². The molecule has 0 aromatic heterocycles. The maximum absolute atomic E-state index is 12.8. The Kier molecular flexibility index (Phi) is 39.7. The molecule has 0 heterocycles. The molecule has 0 aliphatic heterocycles. The number of carbonyl (C=O) groups is 4. The van der Waals surface area contributed by atoms with E-state index >= 15 is 0 Å². The average Bonchev–Trinajstić information content (AvgIpc) is 3.21. The molecular weight excluding hydrogens is 729 g/mol. The van der Waals surface area contributed by atoms with Crippen LogP contribution >= 0.6 is 0 Å². The summed E-state index contributed by atoms with van der Waals surface area (Å²) in [7, 11) is 0. The number of allylic oxidation sites excluding steroid dienone is 14. The molecule has 0 aromatic rings. The van der Waals surface area contributed by atoms with Crippen LogP contribution in [0.4, 0.5) is 0 Å². The maximum Gasteiger partial charge on any atom is 0.328 e. The monoisotopic (exact) mass is 809 g/mol. The van der Waals surface area contributed by atoms with Crippen molar-refractivity contribution in [2.24, 2.45) is 0 Å². The lowest BCUT2D eigenvalue weighted by Crippen LogP contribution is -2.47. The number of ether oxygens (including phenoxy) is 1. The van der Waals surface area contributed by atoms with Crippen LogP contribution in [0.15, 0.2) is 85.1 Å². The molecule has 58 heavy (non-hydrogen) atoms. The minimum Gasteiger partial charge on any atom is -0.480 e. The molecular formula is C49H80N2O7. The lowest BCUT2D eigenvalue weighted by molar-refractivity contribution is -0.150. The second kappa shape index (κ2) is 42.6. The summed E-state index contributed by atoms with van der Waals surface area (Å²) < 4.78 is 5.99. The Morgan fingerprint density at radius 1 is 0.534 bits per heavy atom. The van der Waals surface area contributed by atoms with Crippen LogP contribution in [0.3, 0.4) is 0 Å². The molecule has 0 rings (SSSR count). The number of hydrogen-bond acceptors (Lipinski definition) is 6. The normalized spacial score (nSPS) is 13.3. The van der Waals surface area contributed by atoms with Gasteiger partial charge in [0.25, 0.3) is 0 Å². The topological polar surface area (TPSA) is 142 Å². The highest BCUT2D eigenvalue weighted by molar-refractivity contribution is 5.87. The summed E-state index contributed by atoms with van der Waals surface area (Å²) in [6, 6.07) is -1.39. The molecule has 0 bridgehead atoms. The van der Waals surface area contributed by atoms with Crippen LogP contribution < -0.4 is 10.6 Å². The predicted octanol–water partition coefficient (Wildman–Crippen LogP) is 11.3. The molecule has 0 aliphatic rings. The number of aliphatic hydroxyl groups excluding tert-OH is 1. The summed E-state index contributed by atoms with van der Waals surface area (Å²) >= 11 is 0. The van der Waals surface area contributed by atoms with Gasteiger partial charge in [0.2, 0.25) is 11.8 Å². The first-order valence-corrected chi connectivity index (χ1v) is 22.5. The van der Waals surface area contributed by atoms with Crippen LogP contribution in [-0.2, 0) is 23.9 Å². The van der Waals surface area contributed by atoms with Crippen LogP contribution in [0.25, 0.3) is 0 Å². The molecule has 2 unspecified atom stereocenters. The SMILES string of the molecule is CC/C=C\C/C=C\C/C=C\C/C=C\C/C=C\CCCCCC(=O)OC(CCC/C=C\C/C=C\CCCCC)CCCCCCCC(=O)NCC(=O)NC(CO)C(=O)O. The molecule has 0 fully saturated rings. The molecule has 2 atom stereocenters. The molecule has 0 aliphatic carbocycles. The van der Waals surface area contributed by atoms with Crippen molar-refractivity contribution in [2.45, 2.75) is 187 Å². The number of nitrogens with one attached hydrogen (secondary N) is 2. The molecule has 9 nitrogen and oxygen atoms in total. The molecule has 0 aromatic carbocycles. The van der Waals surface area contributed by atoms with E-state index in [1.165, 1.54) is 19.3 Å². The lowest BCUT2D eigenvalue weighted by Gasteiger charge is -2.18. The van der Waals surface area contributed by atoms with E-state index < -0.39 is 24.5 Å². The fourth-order valence-electron chi connectivity index (χ4n) is 5.95. The number of carbonyl (C=O) groups excluding carboxylic acids is 3. The number of carboxylic acid groups (broad SMARTS) is 1. The summed E-state index contributed by atoms with van der Waals surface area (Å²) in [6.07, 6.45) is 54.6. The third-order valence-corrected chi connectivity index (χ3v) is 9.38. The van der Waals surface area contributed by atoms with Crippen LogP contribution in [-0.4, -0.2) is 59.3 Å². The van der Waals surface area contributed by atoms with Gasteiger partial charge in [-0.3, -0.25) is 14.4 Å². The van der Waals surface area contributed by atoms with Crippen molar-refractivity contribution >= 4 is 23.8 Å². The van der Waals surface area contributed by atoms with Gasteiger partial charge in [0.05, 0.1) is 13.2 Å². The summed E-state index contributed by atoms with van der Waals surface area (Å²) in [5.41, 5.74) is 0. The minimum atomic E-state index is -1.39. The van der Waals surface area contributed by atoms with Crippen LogP contribution in [0.2, 0.25) is 0 Å². The third kappa shape index (κ3) is 38.9. The highest BCUT2D eigenvalue weighted by atomic mass is 16.5. The van der Waals surface area contributed by atoms with Crippen LogP contribution in [0, 0.1) is 0 Å². The van der Waals surface area contributed by atoms with Crippen molar-refractivity contribution in [1.29, 1.82) is 0 Å². The van der Waals surface area contributed by atoms with Crippen molar-refractivity contribution in [3.05, 3.63) is 85.1 Å². The van der Waals surface area contributed by atoms with Gasteiger partial charge in [0.15, 0.2) is 0 Å². The summed E-state index contributed by atoms with van der Waals surface area (Å²) in [5.74, 6) is -2.37. The quantitative estimate of drug-likeness (QED) is 0.0275. The van der Waals surface area contributed by atoms with Crippen molar-refractivity contribution in [2.75, 3.05) is 13.2 Å². The van der Waals surface area contributed by atoms with Gasteiger partial charge in [-0.25, -0.2) is 4.79 Å². The van der Waals surface area contributed by atoms with E-state index in [4.69, 9.17) is 14.9 Å². The predicted molar refractivity (Wildman–Crippen MR) is 240 cm³/mol. The van der Waals surface area contributed by atoms with E-state index in [0.717, 1.165) is 122 Å². The standard InChI is InChI=1S/C49H80N2O7/c1-3-5-7-9-11-13-15-16-17-18-19-20-21-22-24-26-28-33-37-41-48(55)58-44(38-34-30-27-25-23-14-12-10-8-6-4-2)39-35-31-29-32-36-40-46(53)50-42-47(54)51-45(43-52)49(56)57/h5,7,11-14,16-17,19-20,22,24-25,27,44-45,52H,3-4,6,8-10,15,18,21,23,26,28-43H2,1-2H3,(H,50,53)(H,51,54)(H,56,57)/b7-5-,13-11-,14-12-,17-16-,20-19-,24-22-,27-25-. The van der Waals surface area contributed by atoms with E-state index in [1.54, 1.807) is 0 Å². The molecule has 0 saturated carbocycles. The molecule has 328 valence electrons. The first-order valence-electron chi connectivity index (χ1n) is 22.5. The molecule has 9 heteroatoms. The fraction of sp³-hybridized carbons (Fsp3) is 0.633. The Balaban J connectivity index is 4.42. The van der Waals surface area contributed by atoms with E-state index in [-0.39, 0.29) is 30.9 Å². The molecule has 0 saturated heterocycles. The highest BCUT2D eigenvalue weighted by Crippen LogP contribution is 2.17. The van der Waals surface area contributed by atoms with Gasteiger partial charge in [0.1, 0.15) is 12.1 Å². The molecule has 4 N–H and O–H groups in total. The number of amides is 2. The van der Waals surface area contributed by atoms with E-state index in [1.807, 2.05) is 0 Å². The molecule has 2 amide bonds. The fourth-order valence-corrected chi connectivity index (χ4v) is 5.95. The Morgan fingerprint density at radius 3 is 1.55 bits per heavy atom. The number of esters is 1. The van der Waals surface area contributed by atoms with Crippen LogP contribution in [0.5, 0.6) is 0 Å². The number of aliphatic hydroxyl groups is 1. The second-order valence-electron chi connectivity index (χ2n) is 14.7. The van der Waals surface area contributed by atoms with Gasteiger partial charge in [0, 0.05) is 12.8 Å². The summed E-state index contributed by atoms with van der Waals surface area (Å²) in [4.78, 5) is 47.6. The van der Waals surface area contributed by atoms with Gasteiger partial charge in [-0.1, -0.05) is 137 Å². The van der Waals surface area contributed by atoms with Gasteiger partial charge >= 0.3 is 11.9 Å². The summed E-state index contributed by atoms with van der Waals surface area (Å²) in [5, 5.41) is 22.5. The van der Waals surface area contributed by atoms with Crippen molar-refractivity contribution in [3.8, 4) is 0 Å². The average molecular weight is 809 g/mol. The van der Waals surface area contributed by atoms with Crippen molar-refractivity contribution in [1.82, 2.24) is 10.6 Å². The zero-order chi connectivity index (χ0) is 42.6. The van der Waals surface area contributed by atoms with Gasteiger partial charge < -0.3 is 25.6 Å². The van der Waals surface area contributed by atoms with E-state index in [9.17, 15) is 19.2 Å². The number of hydrogen-bond donors (Lipinski definition) is 4. The minimum absolute atomic E-state index is 0.0795. The largest absolute Gasteiger partial charge is 0.480 e. The van der Waals surface area contributed by atoms with Gasteiger partial charge in [-0.2, -0.15) is 0 Å². The Bertz CT molecular complexity index is 1250. The summed E-state index contributed by atoms with van der Waals surface area (Å²) in [6.45, 7) is 3.32. The maximum atomic E-state index is 12.8. The first-order chi connectivity index (χ1) is 28.3. The van der Waals surface area contributed by atoms with E-state index in [0.29, 0.717) is 12.8 Å². The Labute approximate surface area is 352 Å². The van der Waals surface area contributed by atoms with Gasteiger partial charge in [-0.05, 0) is 109 Å². The van der Waals surface area contributed by atoms with Crippen molar-refractivity contribution in [3.63, 3.8) is 0 Å².